The van der Waals surface area contributed by atoms with Crippen LogP contribution in [0.25, 0.3) is 0 Å². The highest BCUT2D eigenvalue weighted by atomic mass is 79.9. The Morgan fingerprint density at radius 3 is 2.50 bits per heavy atom. The fourth-order valence-corrected chi connectivity index (χ4v) is 3.98. The molecule has 128 valence electrons. The number of carbonyl (C=O) groups excluding carboxylic acids is 3. The zero-order valence-electron chi connectivity index (χ0n) is 14.2. The van der Waals surface area contributed by atoms with E-state index in [1.54, 1.807) is 0 Å². The number of amides is 1. The molecule has 0 heterocycles. The lowest BCUT2D eigenvalue weighted by Crippen LogP contribution is -2.27. The maximum absolute atomic E-state index is 12.7. The number of aryl methyl sites for hydroxylation is 2. The number of carbonyl (C=O) groups is 3. The number of nitrogens with one attached hydrogen (secondary N) is 1. The van der Waals surface area contributed by atoms with Crippen molar-refractivity contribution in [3.05, 3.63) is 45.4 Å². The van der Waals surface area contributed by atoms with Crippen molar-refractivity contribution in [2.24, 2.45) is 5.92 Å². The fraction of sp³-hybridized carbons (Fsp3) is 0.421. The number of Topliss-reactive ketones (excluding diaryl/α,β-unsaturated/α-hetero) is 2. The van der Waals surface area contributed by atoms with Gasteiger partial charge in [0, 0.05) is 29.8 Å². The van der Waals surface area contributed by atoms with E-state index in [0.717, 1.165) is 21.2 Å². The van der Waals surface area contributed by atoms with Gasteiger partial charge >= 0.3 is 0 Å². The van der Waals surface area contributed by atoms with Gasteiger partial charge in [-0.1, -0.05) is 28.1 Å². The van der Waals surface area contributed by atoms with Crippen LogP contribution in [-0.2, 0) is 14.4 Å². The molecule has 0 bridgehead atoms. The van der Waals surface area contributed by atoms with Crippen LogP contribution in [0.1, 0.15) is 42.4 Å². The molecule has 1 aromatic carbocycles. The number of benzene rings is 1. The van der Waals surface area contributed by atoms with Gasteiger partial charge in [-0.3, -0.25) is 14.4 Å². The second kappa shape index (κ2) is 7.88. The lowest BCUT2D eigenvalue weighted by atomic mass is 9.87. The number of ketones is 2. The first kappa shape index (κ1) is 18.6. The lowest BCUT2D eigenvalue weighted by Gasteiger charge is -2.16. The van der Waals surface area contributed by atoms with Crippen LogP contribution in [0.3, 0.4) is 0 Å². The third kappa shape index (κ3) is 4.01. The molecule has 1 N–H and O–H groups in total. The molecule has 1 aromatic rings. The SMILES string of the molecule is C/C=C/CNC(=O)CC1CC(=O)C(c2c(C)cc(Br)cc2C)C1=O. The molecule has 5 heteroatoms. The number of hydrogen-bond acceptors (Lipinski definition) is 3. The van der Waals surface area contributed by atoms with Crippen molar-refractivity contribution in [1.29, 1.82) is 0 Å². The number of allylic oxidation sites excluding steroid dienone is 1. The van der Waals surface area contributed by atoms with E-state index in [1.165, 1.54) is 0 Å². The van der Waals surface area contributed by atoms with Crippen LogP contribution in [0.4, 0.5) is 0 Å². The van der Waals surface area contributed by atoms with Crippen molar-refractivity contribution in [3.8, 4) is 0 Å². The van der Waals surface area contributed by atoms with E-state index in [-0.39, 0.29) is 30.3 Å². The second-order valence-electron chi connectivity index (χ2n) is 6.23. The molecule has 1 aliphatic carbocycles. The van der Waals surface area contributed by atoms with Crippen molar-refractivity contribution in [2.45, 2.75) is 39.5 Å². The summed E-state index contributed by atoms with van der Waals surface area (Å²) in [5, 5.41) is 2.74. The molecular formula is C19H22BrNO3. The van der Waals surface area contributed by atoms with Gasteiger partial charge in [0.1, 0.15) is 11.7 Å². The quantitative estimate of drug-likeness (QED) is 0.617. The Bertz CT molecular complexity index is 686. The number of hydrogen-bond donors (Lipinski definition) is 1. The predicted octanol–water partition coefficient (Wildman–Crippen LogP) is 3.39. The molecule has 24 heavy (non-hydrogen) atoms. The average molecular weight is 392 g/mol. The molecule has 0 spiro atoms. The summed E-state index contributed by atoms with van der Waals surface area (Å²) in [4.78, 5) is 37.1. The average Bonchev–Trinajstić information content (AvgIpc) is 2.74. The zero-order chi connectivity index (χ0) is 17.9. The molecule has 2 atom stereocenters. The topological polar surface area (TPSA) is 63.2 Å². The first-order chi connectivity index (χ1) is 11.3. The Kier molecular flexibility index (Phi) is 6.10. The zero-order valence-corrected chi connectivity index (χ0v) is 15.8. The number of halogens is 1. The van der Waals surface area contributed by atoms with Crippen LogP contribution >= 0.6 is 15.9 Å². The van der Waals surface area contributed by atoms with Gasteiger partial charge in [-0.05, 0) is 49.6 Å². The molecule has 0 aromatic heterocycles. The van der Waals surface area contributed by atoms with Crippen molar-refractivity contribution in [1.82, 2.24) is 5.32 Å². The molecule has 1 saturated carbocycles. The number of rotatable bonds is 5. The first-order valence-electron chi connectivity index (χ1n) is 8.06. The van der Waals surface area contributed by atoms with Gasteiger partial charge in [0.15, 0.2) is 5.78 Å². The normalized spacial score (nSPS) is 20.8. The highest BCUT2D eigenvalue weighted by molar-refractivity contribution is 9.10. The molecule has 0 radical (unpaired) electrons. The van der Waals surface area contributed by atoms with E-state index in [1.807, 2.05) is 45.1 Å². The molecule has 2 rings (SSSR count). The van der Waals surface area contributed by atoms with Gasteiger partial charge in [-0.15, -0.1) is 0 Å². The third-order valence-corrected chi connectivity index (χ3v) is 4.85. The first-order valence-corrected chi connectivity index (χ1v) is 8.85. The summed E-state index contributed by atoms with van der Waals surface area (Å²) in [6.45, 7) is 6.13. The van der Waals surface area contributed by atoms with Crippen molar-refractivity contribution in [3.63, 3.8) is 0 Å². The Hall–Kier alpha value is -1.75. The highest BCUT2D eigenvalue weighted by Gasteiger charge is 2.43. The maximum Gasteiger partial charge on any atom is 0.220 e. The van der Waals surface area contributed by atoms with Crippen LogP contribution in [0, 0.1) is 19.8 Å². The largest absolute Gasteiger partial charge is 0.353 e. The summed E-state index contributed by atoms with van der Waals surface area (Å²) >= 11 is 3.43. The molecule has 0 saturated heterocycles. The van der Waals surface area contributed by atoms with Crippen LogP contribution in [0.5, 0.6) is 0 Å². The molecule has 1 fully saturated rings. The van der Waals surface area contributed by atoms with E-state index >= 15 is 0 Å². The summed E-state index contributed by atoms with van der Waals surface area (Å²) in [6.07, 6.45) is 3.90. The molecular weight excluding hydrogens is 370 g/mol. The second-order valence-corrected chi connectivity index (χ2v) is 7.15. The van der Waals surface area contributed by atoms with E-state index in [0.29, 0.717) is 6.54 Å². The van der Waals surface area contributed by atoms with Gasteiger partial charge in [-0.2, -0.15) is 0 Å². The Labute approximate surface area is 150 Å². The summed E-state index contributed by atoms with van der Waals surface area (Å²) in [6, 6.07) is 3.83. The van der Waals surface area contributed by atoms with E-state index in [9.17, 15) is 14.4 Å². The minimum absolute atomic E-state index is 0.0766. The van der Waals surface area contributed by atoms with Crippen LogP contribution < -0.4 is 5.32 Å². The van der Waals surface area contributed by atoms with E-state index < -0.39 is 11.8 Å². The van der Waals surface area contributed by atoms with Gasteiger partial charge in [-0.25, -0.2) is 0 Å². The van der Waals surface area contributed by atoms with Crippen molar-refractivity contribution < 1.29 is 14.4 Å². The monoisotopic (exact) mass is 391 g/mol. The van der Waals surface area contributed by atoms with E-state index in [2.05, 4.69) is 21.2 Å². The van der Waals surface area contributed by atoms with Crippen molar-refractivity contribution in [2.75, 3.05) is 6.54 Å². The van der Waals surface area contributed by atoms with E-state index in [4.69, 9.17) is 0 Å². The Morgan fingerprint density at radius 2 is 1.92 bits per heavy atom. The Morgan fingerprint density at radius 1 is 1.29 bits per heavy atom. The predicted molar refractivity (Wildman–Crippen MR) is 96.9 cm³/mol. The smallest absolute Gasteiger partial charge is 0.220 e. The Balaban J connectivity index is 2.16. The minimum atomic E-state index is -0.730. The van der Waals surface area contributed by atoms with Crippen molar-refractivity contribution >= 4 is 33.4 Å². The molecule has 4 nitrogen and oxygen atoms in total. The summed E-state index contributed by atoms with van der Waals surface area (Å²) < 4.78 is 0.930. The molecule has 0 aliphatic heterocycles. The van der Waals surface area contributed by atoms with Gasteiger partial charge in [0.2, 0.25) is 5.91 Å². The van der Waals surface area contributed by atoms with Crippen LogP contribution in [-0.4, -0.2) is 24.0 Å². The molecule has 2 unspecified atom stereocenters. The molecule has 1 amide bonds. The van der Waals surface area contributed by atoms with Crippen LogP contribution in [0.2, 0.25) is 0 Å². The third-order valence-electron chi connectivity index (χ3n) is 4.39. The minimum Gasteiger partial charge on any atom is -0.353 e. The fourth-order valence-electron chi connectivity index (χ4n) is 3.30. The van der Waals surface area contributed by atoms with Gasteiger partial charge in [0.05, 0.1) is 0 Å². The highest BCUT2D eigenvalue weighted by Crippen LogP contribution is 2.37. The maximum atomic E-state index is 12.7. The lowest BCUT2D eigenvalue weighted by molar-refractivity contribution is -0.128. The van der Waals surface area contributed by atoms with Gasteiger partial charge in [0.25, 0.3) is 0 Å². The van der Waals surface area contributed by atoms with Crippen LogP contribution in [0.15, 0.2) is 28.8 Å². The standard InChI is InChI=1S/C19H22BrNO3/c1-4-5-6-21-16(23)10-13-9-15(22)18(19(13)24)17-11(2)7-14(20)8-12(17)3/h4-5,7-8,13,18H,6,9-10H2,1-3H3,(H,21,23)/b5-4+. The van der Waals surface area contributed by atoms with Gasteiger partial charge < -0.3 is 5.32 Å². The molecule has 1 aliphatic rings. The summed E-state index contributed by atoms with van der Waals surface area (Å²) in [5.41, 5.74) is 2.64. The summed E-state index contributed by atoms with van der Waals surface area (Å²) in [7, 11) is 0. The summed E-state index contributed by atoms with van der Waals surface area (Å²) in [5.74, 6) is -1.65.